The lowest BCUT2D eigenvalue weighted by Gasteiger charge is -2.34. The van der Waals surface area contributed by atoms with Gasteiger partial charge in [-0.3, -0.25) is 0 Å². The van der Waals surface area contributed by atoms with Crippen molar-refractivity contribution in [2.75, 3.05) is 18.0 Å². The summed E-state index contributed by atoms with van der Waals surface area (Å²) in [5.74, 6) is 2.37. The second-order valence-corrected chi connectivity index (χ2v) is 5.79. The summed E-state index contributed by atoms with van der Waals surface area (Å²) in [4.78, 5) is 11.4. The van der Waals surface area contributed by atoms with Crippen LogP contribution in [0.4, 0.5) is 5.82 Å². The van der Waals surface area contributed by atoms with Crippen LogP contribution in [0.15, 0.2) is 24.5 Å². The van der Waals surface area contributed by atoms with Crippen LogP contribution in [0.2, 0.25) is 0 Å². The highest BCUT2D eigenvalue weighted by molar-refractivity contribution is 5.54. The van der Waals surface area contributed by atoms with Gasteiger partial charge in [0.2, 0.25) is 0 Å². The molecule has 3 heterocycles. The molecule has 0 saturated carbocycles. The fraction of sp³-hybridized carbons (Fsp3) is 0.471. The number of hydrogen-bond donors (Lipinski definition) is 0. The molecule has 1 fully saturated rings. The first-order chi connectivity index (χ1) is 10.7. The fourth-order valence-electron chi connectivity index (χ4n) is 3.20. The van der Waals surface area contributed by atoms with Crippen molar-refractivity contribution in [3.05, 3.63) is 41.6 Å². The van der Waals surface area contributed by atoms with Crippen molar-refractivity contribution < 1.29 is 0 Å². The van der Waals surface area contributed by atoms with Crippen molar-refractivity contribution in [3.8, 4) is 6.07 Å². The highest BCUT2D eigenvalue weighted by Gasteiger charge is 2.26. The van der Waals surface area contributed by atoms with Gasteiger partial charge in [-0.05, 0) is 38.8 Å². The van der Waals surface area contributed by atoms with E-state index in [0.717, 1.165) is 49.8 Å². The molecule has 1 aliphatic heterocycles. The van der Waals surface area contributed by atoms with E-state index in [1.165, 1.54) is 0 Å². The Labute approximate surface area is 131 Å². The fourth-order valence-corrected chi connectivity index (χ4v) is 3.20. The lowest BCUT2D eigenvalue weighted by molar-refractivity contribution is 0.471. The second kappa shape index (κ2) is 6.18. The van der Waals surface area contributed by atoms with Crippen molar-refractivity contribution >= 4 is 5.82 Å². The molecule has 5 nitrogen and oxygen atoms in total. The van der Waals surface area contributed by atoms with E-state index < -0.39 is 0 Å². The highest BCUT2D eigenvalue weighted by Crippen LogP contribution is 2.30. The summed E-state index contributed by atoms with van der Waals surface area (Å²) in [5, 5.41) is 9.34. The third-order valence-corrected chi connectivity index (χ3v) is 4.31. The molecule has 0 bridgehead atoms. The Morgan fingerprint density at radius 1 is 1.41 bits per heavy atom. The molecule has 0 aromatic carbocycles. The number of aromatic nitrogens is 3. The zero-order valence-corrected chi connectivity index (χ0v) is 13.2. The lowest BCUT2D eigenvalue weighted by Crippen LogP contribution is -2.36. The molecule has 1 aliphatic rings. The molecular formula is C17H21N5. The van der Waals surface area contributed by atoms with Gasteiger partial charge in [0.05, 0.1) is 5.56 Å². The van der Waals surface area contributed by atoms with Crippen LogP contribution < -0.4 is 4.90 Å². The van der Waals surface area contributed by atoms with E-state index in [1.54, 1.807) is 0 Å². The third-order valence-electron chi connectivity index (χ3n) is 4.31. The number of hydrogen-bond acceptors (Lipinski definition) is 4. The number of imidazole rings is 1. The van der Waals surface area contributed by atoms with Crippen LogP contribution in [0, 0.1) is 18.3 Å². The Kier molecular flexibility index (Phi) is 4.10. The van der Waals surface area contributed by atoms with Crippen molar-refractivity contribution in [2.45, 2.75) is 39.2 Å². The van der Waals surface area contributed by atoms with Crippen LogP contribution in [0.1, 0.15) is 42.8 Å². The Hall–Kier alpha value is -2.35. The Morgan fingerprint density at radius 3 is 3.05 bits per heavy atom. The van der Waals surface area contributed by atoms with Crippen molar-refractivity contribution in [1.82, 2.24) is 14.5 Å². The van der Waals surface area contributed by atoms with Gasteiger partial charge < -0.3 is 9.47 Å². The molecule has 0 radical (unpaired) electrons. The molecule has 0 aliphatic carbocycles. The van der Waals surface area contributed by atoms with E-state index in [2.05, 4.69) is 32.4 Å². The molecule has 2 aromatic heterocycles. The molecular weight excluding hydrogens is 274 g/mol. The molecule has 0 amide bonds. The maximum Gasteiger partial charge on any atom is 0.146 e. The maximum absolute atomic E-state index is 9.34. The molecule has 22 heavy (non-hydrogen) atoms. The van der Waals surface area contributed by atoms with Gasteiger partial charge in [0.15, 0.2) is 0 Å². The molecule has 3 rings (SSSR count). The molecule has 0 spiro atoms. The SMILES string of the molecule is CCn1ccnc1[C@@H]1CCCN(c2nc(C)ccc2C#N)C1. The first kappa shape index (κ1) is 14.6. The zero-order valence-electron chi connectivity index (χ0n) is 13.2. The number of rotatable bonds is 3. The van der Waals surface area contributed by atoms with Crippen LogP contribution in [0.5, 0.6) is 0 Å². The summed E-state index contributed by atoms with van der Waals surface area (Å²) >= 11 is 0. The van der Waals surface area contributed by atoms with Gasteiger partial charge in [0.25, 0.3) is 0 Å². The van der Waals surface area contributed by atoms with Gasteiger partial charge >= 0.3 is 0 Å². The van der Waals surface area contributed by atoms with Crippen molar-refractivity contribution in [3.63, 3.8) is 0 Å². The van der Waals surface area contributed by atoms with Crippen LogP contribution in [-0.4, -0.2) is 27.6 Å². The van der Waals surface area contributed by atoms with Crippen LogP contribution in [0.3, 0.4) is 0 Å². The average Bonchev–Trinajstić information content (AvgIpc) is 3.03. The number of nitriles is 1. The normalized spacial score (nSPS) is 18.2. The molecule has 2 aromatic rings. The van der Waals surface area contributed by atoms with Crippen LogP contribution >= 0.6 is 0 Å². The first-order valence-corrected chi connectivity index (χ1v) is 7.86. The summed E-state index contributed by atoms with van der Waals surface area (Å²) in [7, 11) is 0. The summed E-state index contributed by atoms with van der Waals surface area (Å²) in [6.45, 7) is 6.88. The predicted octanol–water partition coefficient (Wildman–Crippen LogP) is 2.86. The second-order valence-electron chi connectivity index (χ2n) is 5.79. The highest BCUT2D eigenvalue weighted by atomic mass is 15.2. The van der Waals surface area contributed by atoms with Gasteiger partial charge in [-0.2, -0.15) is 5.26 Å². The van der Waals surface area contributed by atoms with E-state index in [9.17, 15) is 5.26 Å². The van der Waals surface area contributed by atoms with Crippen molar-refractivity contribution in [1.29, 1.82) is 5.26 Å². The molecule has 0 N–H and O–H groups in total. The number of nitrogens with zero attached hydrogens (tertiary/aromatic N) is 5. The minimum atomic E-state index is 0.401. The Morgan fingerprint density at radius 2 is 2.27 bits per heavy atom. The predicted molar refractivity (Wildman–Crippen MR) is 85.8 cm³/mol. The minimum Gasteiger partial charge on any atom is -0.355 e. The first-order valence-electron chi connectivity index (χ1n) is 7.86. The lowest BCUT2D eigenvalue weighted by atomic mass is 9.96. The molecule has 114 valence electrons. The number of aryl methyl sites for hydroxylation is 2. The van der Waals surface area contributed by atoms with Gasteiger partial charge in [0.1, 0.15) is 17.7 Å². The largest absolute Gasteiger partial charge is 0.355 e. The molecule has 1 saturated heterocycles. The van der Waals surface area contributed by atoms with E-state index in [-0.39, 0.29) is 0 Å². The van der Waals surface area contributed by atoms with Crippen LogP contribution in [-0.2, 0) is 6.54 Å². The van der Waals surface area contributed by atoms with E-state index in [1.807, 2.05) is 31.5 Å². The van der Waals surface area contributed by atoms with Gasteiger partial charge in [-0.25, -0.2) is 9.97 Å². The van der Waals surface area contributed by atoms with E-state index in [4.69, 9.17) is 0 Å². The number of piperidine rings is 1. The van der Waals surface area contributed by atoms with E-state index in [0.29, 0.717) is 11.5 Å². The zero-order chi connectivity index (χ0) is 15.5. The van der Waals surface area contributed by atoms with E-state index >= 15 is 0 Å². The Balaban J connectivity index is 1.88. The smallest absolute Gasteiger partial charge is 0.146 e. The van der Waals surface area contributed by atoms with Crippen molar-refractivity contribution in [2.24, 2.45) is 0 Å². The standard InChI is InChI=1S/C17H21N5/c1-3-21-10-8-19-16(21)15-5-4-9-22(12-15)17-14(11-18)7-6-13(2)20-17/h6-8,10,15H,3-5,9,12H2,1-2H3/t15-/m1/s1. The average molecular weight is 295 g/mol. The molecule has 1 atom stereocenters. The number of pyridine rings is 1. The maximum atomic E-state index is 9.34. The Bertz CT molecular complexity index is 697. The molecule has 5 heteroatoms. The van der Waals surface area contributed by atoms with Gasteiger partial charge in [0, 0.05) is 43.6 Å². The van der Waals surface area contributed by atoms with Crippen LogP contribution in [0.25, 0.3) is 0 Å². The quantitative estimate of drug-likeness (QED) is 0.873. The summed E-state index contributed by atoms with van der Waals surface area (Å²) < 4.78 is 2.21. The summed E-state index contributed by atoms with van der Waals surface area (Å²) in [6.07, 6.45) is 6.16. The third kappa shape index (κ3) is 2.69. The summed E-state index contributed by atoms with van der Waals surface area (Å²) in [5.41, 5.74) is 1.61. The molecule has 0 unspecified atom stereocenters. The topological polar surface area (TPSA) is 57.7 Å². The monoisotopic (exact) mass is 295 g/mol. The minimum absolute atomic E-state index is 0.401. The van der Waals surface area contributed by atoms with Gasteiger partial charge in [-0.15, -0.1) is 0 Å². The number of anilines is 1. The van der Waals surface area contributed by atoms with Gasteiger partial charge in [-0.1, -0.05) is 0 Å². The summed E-state index contributed by atoms with van der Waals surface area (Å²) in [6, 6.07) is 6.03.